The molecule has 0 aliphatic rings. The van der Waals surface area contributed by atoms with Crippen LogP contribution in [0.3, 0.4) is 0 Å². The van der Waals surface area contributed by atoms with Crippen LogP contribution in [-0.4, -0.2) is 38.3 Å². The van der Waals surface area contributed by atoms with Gasteiger partial charge in [-0.05, 0) is 29.8 Å². The second-order valence-corrected chi connectivity index (χ2v) is 9.36. The van der Waals surface area contributed by atoms with Crippen LogP contribution in [0.1, 0.15) is 15.9 Å². The average Bonchev–Trinajstić information content (AvgIpc) is 3.15. The van der Waals surface area contributed by atoms with E-state index in [9.17, 15) is 26.4 Å². The van der Waals surface area contributed by atoms with Crippen molar-refractivity contribution >= 4 is 38.1 Å². The molecule has 170 valence electrons. The van der Waals surface area contributed by atoms with Gasteiger partial charge in [0.1, 0.15) is 6.61 Å². The van der Waals surface area contributed by atoms with E-state index in [1.54, 1.807) is 29.6 Å². The molecule has 0 bridgehead atoms. The van der Waals surface area contributed by atoms with E-state index in [0.29, 0.717) is 27.6 Å². The van der Waals surface area contributed by atoms with Crippen molar-refractivity contribution < 1.29 is 31.1 Å². The predicted molar refractivity (Wildman–Crippen MR) is 116 cm³/mol. The Labute approximate surface area is 186 Å². The number of nitrogens with zero attached hydrogens (tertiary/aromatic N) is 1. The van der Waals surface area contributed by atoms with Gasteiger partial charge in [0.2, 0.25) is 10.0 Å². The smallest absolute Gasteiger partial charge is 0.367 e. The molecular formula is C20H18F3N3O4S2. The molecule has 0 fully saturated rings. The first-order valence-corrected chi connectivity index (χ1v) is 11.8. The number of amides is 1. The third-order valence-corrected chi connectivity index (χ3v) is 5.32. The van der Waals surface area contributed by atoms with Gasteiger partial charge in [0.15, 0.2) is 5.13 Å². The number of anilines is 2. The maximum atomic E-state index is 12.4. The van der Waals surface area contributed by atoms with Gasteiger partial charge in [-0.25, -0.2) is 13.4 Å². The molecule has 7 nitrogen and oxygen atoms in total. The Hall–Kier alpha value is -2.96. The van der Waals surface area contributed by atoms with Gasteiger partial charge in [0.05, 0.1) is 18.6 Å². The molecule has 0 atom stereocenters. The fraction of sp³-hybridized carbons (Fsp3) is 0.200. The number of rotatable bonds is 8. The molecule has 2 N–H and O–H groups in total. The maximum Gasteiger partial charge on any atom is 0.411 e. The zero-order valence-corrected chi connectivity index (χ0v) is 18.3. The highest BCUT2D eigenvalue weighted by Gasteiger charge is 2.27. The quantitative estimate of drug-likeness (QED) is 0.489. The lowest BCUT2D eigenvalue weighted by atomic mass is 10.1. The Morgan fingerprint density at radius 2 is 1.75 bits per heavy atom. The summed E-state index contributed by atoms with van der Waals surface area (Å²) in [6.07, 6.45) is -3.33. The number of hydrogen-bond acceptors (Lipinski definition) is 6. The van der Waals surface area contributed by atoms with Crippen molar-refractivity contribution in [2.75, 3.05) is 22.9 Å². The molecule has 3 rings (SSSR count). The summed E-state index contributed by atoms with van der Waals surface area (Å²) in [4.78, 5) is 16.8. The van der Waals surface area contributed by atoms with Crippen LogP contribution in [0, 0.1) is 0 Å². The molecule has 0 spiro atoms. The van der Waals surface area contributed by atoms with Gasteiger partial charge >= 0.3 is 6.18 Å². The number of benzene rings is 2. The summed E-state index contributed by atoms with van der Waals surface area (Å²) < 4.78 is 65.8. The van der Waals surface area contributed by atoms with E-state index < -0.39 is 28.7 Å². The lowest BCUT2D eigenvalue weighted by Crippen LogP contribution is -2.16. The molecule has 0 saturated heterocycles. The van der Waals surface area contributed by atoms with Crippen molar-refractivity contribution in [3.05, 3.63) is 65.0 Å². The summed E-state index contributed by atoms with van der Waals surface area (Å²) in [5.74, 6) is -0.415. The highest BCUT2D eigenvalue weighted by Crippen LogP contribution is 2.26. The molecule has 2 aromatic carbocycles. The van der Waals surface area contributed by atoms with Crippen LogP contribution in [0.15, 0.2) is 53.9 Å². The number of alkyl halides is 3. The summed E-state index contributed by atoms with van der Waals surface area (Å²) >= 11 is 1.22. The zero-order valence-electron chi connectivity index (χ0n) is 16.6. The number of thiazole rings is 1. The first-order valence-electron chi connectivity index (χ1n) is 9.07. The fourth-order valence-electron chi connectivity index (χ4n) is 2.59. The Bertz CT molecular complexity index is 1180. The van der Waals surface area contributed by atoms with Gasteiger partial charge in [-0.3, -0.25) is 14.8 Å². The number of halogens is 3. The topological polar surface area (TPSA) is 97.4 Å². The molecule has 1 aromatic heterocycles. The van der Waals surface area contributed by atoms with E-state index in [2.05, 4.69) is 19.8 Å². The maximum absolute atomic E-state index is 12.4. The van der Waals surface area contributed by atoms with Crippen LogP contribution < -0.4 is 10.0 Å². The summed E-state index contributed by atoms with van der Waals surface area (Å²) in [5, 5.41) is 4.78. The van der Waals surface area contributed by atoms with Crippen LogP contribution in [0.4, 0.5) is 24.0 Å². The summed E-state index contributed by atoms with van der Waals surface area (Å²) in [7, 11) is -3.37. The lowest BCUT2D eigenvalue weighted by molar-refractivity contribution is -0.176. The number of hydrogen-bond donors (Lipinski definition) is 2. The highest BCUT2D eigenvalue weighted by atomic mass is 32.2. The Morgan fingerprint density at radius 3 is 2.34 bits per heavy atom. The molecular weight excluding hydrogens is 467 g/mol. The third-order valence-electron chi connectivity index (χ3n) is 3.96. The number of ether oxygens (including phenoxy) is 1. The third kappa shape index (κ3) is 7.32. The van der Waals surface area contributed by atoms with Crippen molar-refractivity contribution in [1.29, 1.82) is 0 Å². The highest BCUT2D eigenvalue weighted by molar-refractivity contribution is 7.92. The molecule has 0 unspecified atom stereocenters. The second-order valence-electron chi connectivity index (χ2n) is 6.75. The van der Waals surface area contributed by atoms with Crippen LogP contribution in [0.5, 0.6) is 0 Å². The zero-order chi connectivity index (χ0) is 23.4. The first kappa shape index (κ1) is 23.7. The predicted octanol–water partition coefficient (Wildman–Crippen LogP) is 4.51. The normalized spacial score (nSPS) is 11.9. The molecule has 0 radical (unpaired) electrons. The van der Waals surface area contributed by atoms with Gasteiger partial charge in [-0.1, -0.05) is 24.3 Å². The Kier molecular flexibility index (Phi) is 7.16. The SMILES string of the molecule is CS(=O)(=O)Nc1ccc(-c2csc(NC(=O)c3ccc(COCC(F)(F)F)cc3)n2)cc1. The molecule has 0 saturated carbocycles. The average molecular weight is 486 g/mol. The van der Waals surface area contributed by atoms with Crippen LogP contribution >= 0.6 is 11.3 Å². The molecule has 0 aliphatic carbocycles. The van der Waals surface area contributed by atoms with Crippen LogP contribution in [-0.2, 0) is 21.4 Å². The number of nitrogens with one attached hydrogen (secondary N) is 2. The number of carbonyl (C=O) groups is 1. The molecule has 3 aromatic rings. The van der Waals surface area contributed by atoms with Crippen molar-refractivity contribution in [1.82, 2.24) is 4.98 Å². The van der Waals surface area contributed by atoms with Crippen LogP contribution in [0.2, 0.25) is 0 Å². The molecule has 12 heteroatoms. The second kappa shape index (κ2) is 9.67. The van der Waals surface area contributed by atoms with E-state index >= 15 is 0 Å². The molecule has 1 heterocycles. The number of carbonyl (C=O) groups excluding carboxylic acids is 1. The summed E-state index contributed by atoms with van der Waals surface area (Å²) in [6.45, 7) is -1.55. The largest absolute Gasteiger partial charge is 0.411 e. The van der Waals surface area contributed by atoms with Gasteiger partial charge in [0, 0.05) is 22.2 Å². The monoisotopic (exact) mass is 485 g/mol. The number of aromatic nitrogens is 1. The van der Waals surface area contributed by atoms with Gasteiger partial charge in [-0.15, -0.1) is 11.3 Å². The Morgan fingerprint density at radius 1 is 1.09 bits per heavy atom. The van der Waals surface area contributed by atoms with Gasteiger partial charge < -0.3 is 4.74 Å². The lowest BCUT2D eigenvalue weighted by Gasteiger charge is -2.08. The van der Waals surface area contributed by atoms with Crippen molar-refractivity contribution in [3.63, 3.8) is 0 Å². The molecule has 32 heavy (non-hydrogen) atoms. The summed E-state index contributed by atoms with van der Waals surface area (Å²) in [6, 6.07) is 12.6. The van der Waals surface area contributed by atoms with Crippen molar-refractivity contribution in [2.24, 2.45) is 0 Å². The van der Waals surface area contributed by atoms with Crippen molar-refractivity contribution in [3.8, 4) is 11.3 Å². The van der Waals surface area contributed by atoms with E-state index in [0.717, 1.165) is 11.8 Å². The summed E-state index contributed by atoms with van der Waals surface area (Å²) in [5.41, 5.74) is 2.60. The Balaban J connectivity index is 1.58. The van der Waals surface area contributed by atoms with E-state index in [4.69, 9.17) is 0 Å². The molecule has 0 aliphatic heterocycles. The van der Waals surface area contributed by atoms with E-state index in [1.165, 1.54) is 35.6 Å². The number of sulfonamides is 1. The van der Waals surface area contributed by atoms with E-state index in [1.807, 2.05) is 0 Å². The first-order chi connectivity index (χ1) is 15.0. The minimum Gasteiger partial charge on any atom is -0.367 e. The minimum atomic E-state index is -4.39. The standard InChI is InChI=1S/C20H18F3N3O4S2/c1-32(28,29)26-16-8-6-14(7-9-16)17-11-31-19(24-17)25-18(27)15-4-2-13(3-5-15)10-30-12-20(21,22)23/h2-9,11,26H,10,12H2,1H3,(H,24,25,27). The van der Waals surface area contributed by atoms with Crippen LogP contribution in [0.25, 0.3) is 11.3 Å². The van der Waals surface area contributed by atoms with E-state index in [-0.39, 0.29) is 6.61 Å². The van der Waals surface area contributed by atoms with Gasteiger partial charge in [-0.2, -0.15) is 13.2 Å². The molecule has 1 amide bonds. The van der Waals surface area contributed by atoms with Gasteiger partial charge in [0.25, 0.3) is 5.91 Å². The fourth-order valence-corrected chi connectivity index (χ4v) is 3.87. The van der Waals surface area contributed by atoms with Crippen molar-refractivity contribution in [2.45, 2.75) is 12.8 Å². The minimum absolute atomic E-state index is 0.213.